The molecule has 0 radical (unpaired) electrons. The van der Waals surface area contributed by atoms with Crippen molar-refractivity contribution in [2.75, 3.05) is 25.3 Å². The normalized spacial score (nSPS) is 18.6. The summed E-state index contributed by atoms with van der Waals surface area (Å²) in [6.07, 6.45) is 11.2. The molecule has 0 aromatic carbocycles. The van der Waals surface area contributed by atoms with Gasteiger partial charge in [-0.25, -0.2) is 0 Å². The van der Waals surface area contributed by atoms with E-state index >= 15 is 0 Å². The largest absolute Gasteiger partial charge is 0.376 e. The van der Waals surface area contributed by atoms with Crippen molar-refractivity contribution in [3.63, 3.8) is 0 Å². The third kappa shape index (κ3) is 5.99. The van der Waals surface area contributed by atoms with Crippen molar-refractivity contribution in [1.82, 2.24) is 0 Å². The predicted molar refractivity (Wildman–Crippen MR) is 86.6 cm³/mol. The van der Waals surface area contributed by atoms with Crippen molar-refractivity contribution < 1.29 is 4.74 Å². The van der Waals surface area contributed by atoms with Gasteiger partial charge in [-0.05, 0) is 38.6 Å². The van der Waals surface area contributed by atoms with Gasteiger partial charge in [-0.3, -0.25) is 0 Å². The molecule has 1 aliphatic heterocycles. The molecule has 0 atom stereocenters. The van der Waals surface area contributed by atoms with Crippen LogP contribution in [0.1, 0.15) is 59.3 Å². The second-order valence-electron chi connectivity index (χ2n) is 5.74. The molecule has 0 amide bonds. The summed E-state index contributed by atoms with van der Waals surface area (Å²) in [6.45, 7) is 7.65. The second kappa shape index (κ2) is 8.51. The van der Waals surface area contributed by atoms with E-state index in [1.54, 1.807) is 0 Å². The summed E-state index contributed by atoms with van der Waals surface area (Å²) in [5.41, 5.74) is 3.06. The van der Waals surface area contributed by atoms with Crippen molar-refractivity contribution >= 4 is 17.8 Å². The molecular weight excluding hydrogens is 259 g/mol. The van der Waals surface area contributed by atoms with Gasteiger partial charge in [0.2, 0.25) is 0 Å². The highest BCUT2D eigenvalue weighted by Gasteiger charge is 2.25. The van der Waals surface area contributed by atoms with Crippen LogP contribution in [-0.2, 0) is 16.5 Å². The van der Waals surface area contributed by atoms with Crippen LogP contribution in [0.3, 0.4) is 0 Å². The number of hydrogen-bond acceptors (Lipinski definition) is 2. The van der Waals surface area contributed by atoms with Crippen LogP contribution in [0.2, 0.25) is 0 Å². The predicted octanol–water partition coefficient (Wildman–Crippen LogP) is 5.15. The van der Waals surface area contributed by atoms with Crippen LogP contribution in [0.15, 0.2) is 11.1 Å². The molecule has 0 aromatic heterocycles. The molecular formula is C15H29OPS. The zero-order chi connectivity index (χ0) is 13.4. The lowest BCUT2D eigenvalue weighted by Crippen LogP contribution is -2.01. The number of rotatable bonds is 9. The fourth-order valence-electron chi connectivity index (χ4n) is 2.50. The van der Waals surface area contributed by atoms with Crippen LogP contribution in [0, 0.1) is 0 Å². The molecule has 0 aliphatic carbocycles. The van der Waals surface area contributed by atoms with Gasteiger partial charge in [0.1, 0.15) is 0 Å². The van der Waals surface area contributed by atoms with Crippen molar-refractivity contribution in [2.24, 2.45) is 0 Å². The molecule has 0 bridgehead atoms. The lowest BCUT2D eigenvalue weighted by Gasteiger charge is -2.16. The summed E-state index contributed by atoms with van der Waals surface area (Å²) in [5.74, 6) is 0. The molecule has 0 spiro atoms. The molecule has 0 N–H and O–H groups in total. The van der Waals surface area contributed by atoms with Gasteiger partial charge in [-0.2, -0.15) is 0 Å². The fourth-order valence-corrected chi connectivity index (χ4v) is 6.91. The van der Waals surface area contributed by atoms with Gasteiger partial charge in [0.15, 0.2) is 0 Å². The van der Waals surface area contributed by atoms with Gasteiger partial charge in [0.05, 0.1) is 6.35 Å². The first kappa shape index (κ1) is 16.4. The zero-order valence-corrected chi connectivity index (χ0v) is 14.0. The molecule has 3 heteroatoms. The van der Waals surface area contributed by atoms with E-state index in [2.05, 4.69) is 20.8 Å². The van der Waals surface area contributed by atoms with E-state index in [9.17, 15) is 0 Å². The Kier molecular flexibility index (Phi) is 7.75. The van der Waals surface area contributed by atoms with Crippen LogP contribution in [-0.4, -0.2) is 25.3 Å². The molecule has 0 fully saturated rings. The Morgan fingerprint density at radius 1 is 1.00 bits per heavy atom. The Balaban J connectivity index is 2.01. The minimum atomic E-state index is -1.21. The average Bonchev–Trinajstić information content (AvgIpc) is 2.57. The highest BCUT2D eigenvalue weighted by atomic mass is 32.4. The molecule has 0 saturated carbocycles. The van der Waals surface area contributed by atoms with E-state index < -0.39 is 6.04 Å². The van der Waals surface area contributed by atoms with Crippen LogP contribution in [0.4, 0.5) is 0 Å². The summed E-state index contributed by atoms with van der Waals surface area (Å²) in [5, 5.41) is 0. The highest BCUT2D eigenvalue weighted by Crippen LogP contribution is 2.54. The first-order valence-electron chi connectivity index (χ1n) is 7.37. The van der Waals surface area contributed by atoms with Crippen molar-refractivity contribution in [3.8, 4) is 0 Å². The summed E-state index contributed by atoms with van der Waals surface area (Å²) in [6, 6.07) is -1.21. The minimum Gasteiger partial charge on any atom is -0.376 e. The molecule has 1 rings (SSSR count). The SMILES string of the molecule is CCCCCCCCOCP1(=S)CC(C)=C(C)C1. The Bertz CT molecular complexity index is 304. The third-order valence-corrected chi connectivity index (χ3v) is 7.59. The zero-order valence-electron chi connectivity index (χ0n) is 12.3. The lowest BCUT2D eigenvalue weighted by molar-refractivity contribution is 0.173. The molecule has 1 heterocycles. The van der Waals surface area contributed by atoms with E-state index in [0.29, 0.717) is 0 Å². The minimum absolute atomic E-state index is 0.867. The Hall–Kier alpha value is 0.350. The van der Waals surface area contributed by atoms with Gasteiger partial charge in [0, 0.05) is 6.61 Å². The molecule has 0 aromatic rings. The molecule has 0 saturated heterocycles. The van der Waals surface area contributed by atoms with Crippen molar-refractivity contribution in [2.45, 2.75) is 59.3 Å². The number of ether oxygens (including phenoxy) is 1. The van der Waals surface area contributed by atoms with E-state index in [0.717, 1.165) is 25.3 Å². The van der Waals surface area contributed by atoms with Crippen LogP contribution >= 0.6 is 6.04 Å². The van der Waals surface area contributed by atoms with E-state index in [-0.39, 0.29) is 0 Å². The third-order valence-electron chi connectivity index (χ3n) is 3.75. The van der Waals surface area contributed by atoms with Gasteiger partial charge in [-0.1, -0.05) is 62.0 Å². The lowest BCUT2D eigenvalue weighted by atomic mass is 10.1. The Morgan fingerprint density at radius 3 is 2.17 bits per heavy atom. The quantitative estimate of drug-likeness (QED) is 0.329. The summed E-state index contributed by atoms with van der Waals surface area (Å²) in [4.78, 5) is 0. The smallest absolute Gasteiger partial charge is 0.0758 e. The van der Waals surface area contributed by atoms with Crippen molar-refractivity contribution in [1.29, 1.82) is 0 Å². The fraction of sp³-hybridized carbons (Fsp3) is 0.867. The maximum atomic E-state index is 5.84. The van der Waals surface area contributed by atoms with E-state index in [1.807, 2.05) is 0 Å². The average molecular weight is 288 g/mol. The maximum absolute atomic E-state index is 5.84. The number of unbranched alkanes of at least 4 members (excludes halogenated alkanes) is 5. The van der Waals surface area contributed by atoms with Gasteiger partial charge in [-0.15, -0.1) is 0 Å². The molecule has 0 unspecified atom stereocenters. The van der Waals surface area contributed by atoms with Crippen LogP contribution < -0.4 is 0 Å². The van der Waals surface area contributed by atoms with Crippen LogP contribution in [0.25, 0.3) is 0 Å². The Morgan fingerprint density at radius 2 is 1.56 bits per heavy atom. The molecule has 106 valence electrons. The van der Waals surface area contributed by atoms with E-state index in [4.69, 9.17) is 16.5 Å². The number of hydrogen-bond donors (Lipinski definition) is 0. The first-order valence-corrected chi connectivity index (χ1v) is 10.7. The Labute approximate surface area is 118 Å². The summed E-state index contributed by atoms with van der Waals surface area (Å²) < 4.78 is 5.84. The second-order valence-corrected chi connectivity index (χ2v) is 11.1. The summed E-state index contributed by atoms with van der Waals surface area (Å²) in [7, 11) is 0. The molecule has 18 heavy (non-hydrogen) atoms. The van der Waals surface area contributed by atoms with Gasteiger partial charge in [0.25, 0.3) is 0 Å². The van der Waals surface area contributed by atoms with Crippen LogP contribution in [0.5, 0.6) is 0 Å². The molecule has 1 nitrogen and oxygen atoms in total. The standard InChI is InChI=1S/C15H29OPS/c1-4-5-6-7-8-9-10-16-13-17(18)11-14(2)15(3)12-17/h4-13H2,1-3H3. The first-order chi connectivity index (χ1) is 8.57. The van der Waals surface area contributed by atoms with Crippen molar-refractivity contribution in [3.05, 3.63) is 11.1 Å². The summed E-state index contributed by atoms with van der Waals surface area (Å²) >= 11 is 5.80. The highest BCUT2D eigenvalue weighted by molar-refractivity contribution is 8.14. The topological polar surface area (TPSA) is 9.23 Å². The molecule has 1 aliphatic rings. The van der Waals surface area contributed by atoms with Gasteiger partial charge < -0.3 is 4.74 Å². The maximum Gasteiger partial charge on any atom is 0.0758 e. The monoisotopic (exact) mass is 288 g/mol. The number of allylic oxidation sites excluding steroid dienone is 2. The van der Waals surface area contributed by atoms with Gasteiger partial charge >= 0.3 is 0 Å². The van der Waals surface area contributed by atoms with E-state index in [1.165, 1.54) is 49.7 Å².